The van der Waals surface area contributed by atoms with E-state index in [0.717, 1.165) is 21.8 Å². The summed E-state index contributed by atoms with van der Waals surface area (Å²) in [5.74, 6) is 0. The number of hydrogen-bond donors (Lipinski definition) is 0. The van der Waals surface area contributed by atoms with E-state index in [2.05, 4.69) is 36.2 Å². The number of halogens is 1. The number of pyridine rings is 1. The molecule has 0 atom stereocenters. The number of hydrogen-bond acceptors (Lipinski definition) is 1. The molecular formula is C18H14ClN. The Balaban J connectivity index is 1.90. The van der Waals surface area contributed by atoms with E-state index < -0.39 is 0 Å². The van der Waals surface area contributed by atoms with Gasteiger partial charge in [-0.3, -0.25) is 0 Å². The van der Waals surface area contributed by atoms with Gasteiger partial charge < -0.3 is 0 Å². The Hall–Kier alpha value is -2.12. The standard InChI is InChI=1S/C18H14ClN/c1-13-2-11-18-15(12-13)6-10-17(20-18)9-5-14-3-7-16(19)8-4-14/h2-12H,1H3/b9-5+. The van der Waals surface area contributed by atoms with Crippen molar-refractivity contribution in [2.75, 3.05) is 0 Å². The molecule has 0 aliphatic carbocycles. The number of aryl methyl sites for hydroxylation is 1. The van der Waals surface area contributed by atoms with Crippen LogP contribution in [0.5, 0.6) is 0 Å². The third-order valence-corrected chi connectivity index (χ3v) is 3.43. The monoisotopic (exact) mass is 279 g/mol. The smallest absolute Gasteiger partial charge is 0.0709 e. The van der Waals surface area contributed by atoms with Gasteiger partial charge in [0.15, 0.2) is 0 Å². The lowest BCUT2D eigenvalue weighted by molar-refractivity contribution is 1.36. The number of fused-ring (bicyclic) bond motifs is 1. The molecule has 0 aliphatic heterocycles. The summed E-state index contributed by atoms with van der Waals surface area (Å²) in [5.41, 5.74) is 4.34. The highest BCUT2D eigenvalue weighted by atomic mass is 35.5. The van der Waals surface area contributed by atoms with Gasteiger partial charge in [-0.25, -0.2) is 4.98 Å². The third kappa shape index (κ3) is 2.89. The minimum Gasteiger partial charge on any atom is -0.248 e. The topological polar surface area (TPSA) is 12.9 Å². The van der Waals surface area contributed by atoms with Crippen molar-refractivity contribution in [2.45, 2.75) is 6.92 Å². The maximum atomic E-state index is 5.87. The Morgan fingerprint density at radius 1 is 0.900 bits per heavy atom. The van der Waals surface area contributed by atoms with E-state index in [-0.39, 0.29) is 0 Å². The van der Waals surface area contributed by atoms with E-state index >= 15 is 0 Å². The van der Waals surface area contributed by atoms with E-state index in [1.807, 2.05) is 42.5 Å². The fourth-order valence-corrected chi connectivity index (χ4v) is 2.24. The normalized spacial score (nSPS) is 11.3. The molecule has 1 heterocycles. The van der Waals surface area contributed by atoms with Crippen molar-refractivity contribution < 1.29 is 0 Å². The number of rotatable bonds is 2. The van der Waals surface area contributed by atoms with Gasteiger partial charge in [0.1, 0.15) is 0 Å². The highest BCUT2D eigenvalue weighted by Gasteiger charge is 1.96. The molecule has 2 aromatic carbocycles. The van der Waals surface area contributed by atoms with Gasteiger partial charge in [-0.2, -0.15) is 0 Å². The fraction of sp³-hybridized carbons (Fsp3) is 0.0556. The SMILES string of the molecule is Cc1ccc2nc(/C=C/c3ccc(Cl)cc3)ccc2c1. The van der Waals surface area contributed by atoms with Gasteiger partial charge >= 0.3 is 0 Å². The Morgan fingerprint density at radius 3 is 2.50 bits per heavy atom. The van der Waals surface area contributed by atoms with E-state index in [0.29, 0.717) is 0 Å². The summed E-state index contributed by atoms with van der Waals surface area (Å²) in [6.45, 7) is 2.09. The quantitative estimate of drug-likeness (QED) is 0.615. The molecule has 0 saturated heterocycles. The summed E-state index contributed by atoms with van der Waals surface area (Å²) < 4.78 is 0. The van der Waals surface area contributed by atoms with Crippen LogP contribution >= 0.6 is 11.6 Å². The van der Waals surface area contributed by atoms with Crippen LogP contribution in [-0.4, -0.2) is 4.98 Å². The second-order valence-corrected chi connectivity index (χ2v) is 5.25. The van der Waals surface area contributed by atoms with Gasteiger partial charge in [0, 0.05) is 10.4 Å². The van der Waals surface area contributed by atoms with Gasteiger partial charge in [-0.1, -0.05) is 47.5 Å². The Bertz CT molecular complexity index is 773. The Kier molecular flexibility index (Phi) is 3.53. The van der Waals surface area contributed by atoms with Crippen molar-refractivity contribution in [3.05, 3.63) is 76.4 Å². The third-order valence-electron chi connectivity index (χ3n) is 3.18. The maximum Gasteiger partial charge on any atom is 0.0709 e. The van der Waals surface area contributed by atoms with Crippen molar-refractivity contribution in [1.29, 1.82) is 0 Å². The van der Waals surface area contributed by atoms with Crippen LogP contribution in [0.1, 0.15) is 16.8 Å². The fourth-order valence-electron chi connectivity index (χ4n) is 2.11. The van der Waals surface area contributed by atoms with Crippen LogP contribution in [0.25, 0.3) is 23.1 Å². The first-order valence-electron chi connectivity index (χ1n) is 6.52. The molecule has 0 bridgehead atoms. The zero-order valence-electron chi connectivity index (χ0n) is 11.2. The Labute approximate surface area is 123 Å². The predicted molar refractivity (Wildman–Crippen MR) is 86.9 cm³/mol. The molecule has 0 fully saturated rings. The molecule has 1 aromatic heterocycles. The van der Waals surface area contributed by atoms with E-state index in [1.165, 1.54) is 10.9 Å². The molecule has 2 heteroatoms. The lowest BCUT2D eigenvalue weighted by Gasteiger charge is -2.00. The van der Waals surface area contributed by atoms with Crippen LogP contribution in [0, 0.1) is 6.92 Å². The highest BCUT2D eigenvalue weighted by molar-refractivity contribution is 6.30. The van der Waals surface area contributed by atoms with Gasteiger partial charge in [-0.15, -0.1) is 0 Å². The number of nitrogens with zero attached hydrogens (tertiary/aromatic N) is 1. The zero-order valence-corrected chi connectivity index (χ0v) is 11.9. The largest absolute Gasteiger partial charge is 0.248 e. The molecule has 20 heavy (non-hydrogen) atoms. The van der Waals surface area contributed by atoms with Crippen LogP contribution in [0.4, 0.5) is 0 Å². The lowest BCUT2D eigenvalue weighted by Crippen LogP contribution is -1.84. The first-order chi connectivity index (χ1) is 9.70. The van der Waals surface area contributed by atoms with Crippen LogP contribution in [0.3, 0.4) is 0 Å². The van der Waals surface area contributed by atoms with Gasteiger partial charge in [0.25, 0.3) is 0 Å². The second-order valence-electron chi connectivity index (χ2n) is 4.82. The molecule has 0 amide bonds. The highest BCUT2D eigenvalue weighted by Crippen LogP contribution is 2.16. The van der Waals surface area contributed by atoms with Crippen LogP contribution in [0.15, 0.2) is 54.6 Å². The summed E-state index contributed by atoms with van der Waals surface area (Å²) in [6.07, 6.45) is 4.06. The van der Waals surface area contributed by atoms with Gasteiger partial charge in [-0.05, 0) is 48.9 Å². The maximum absolute atomic E-state index is 5.87. The van der Waals surface area contributed by atoms with Crippen molar-refractivity contribution in [3.63, 3.8) is 0 Å². The summed E-state index contributed by atoms with van der Waals surface area (Å²) in [5, 5.41) is 1.93. The van der Waals surface area contributed by atoms with E-state index in [1.54, 1.807) is 0 Å². The molecule has 0 radical (unpaired) electrons. The average molecular weight is 280 g/mol. The van der Waals surface area contributed by atoms with Crippen LogP contribution < -0.4 is 0 Å². The number of aromatic nitrogens is 1. The summed E-state index contributed by atoms with van der Waals surface area (Å²) in [6, 6.07) is 18.2. The summed E-state index contributed by atoms with van der Waals surface area (Å²) in [4.78, 5) is 4.64. The minimum atomic E-state index is 0.751. The molecule has 0 aliphatic rings. The molecule has 3 aromatic rings. The first-order valence-corrected chi connectivity index (χ1v) is 6.89. The van der Waals surface area contributed by atoms with Crippen molar-refractivity contribution in [1.82, 2.24) is 4.98 Å². The van der Waals surface area contributed by atoms with Crippen molar-refractivity contribution in [3.8, 4) is 0 Å². The molecule has 1 nitrogen and oxygen atoms in total. The van der Waals surface area contributed by atoms with Crippen molar-refractivity contribution in [2.24, 2.45) is 0 Å². The summed E-state index contributed by atoms with van der Waals surface area (Å²) in [7, 11) is 0. The van der Waals surface area contributed by atoms with Crippen LogP contribution in [-0.2, 0) is 0 Å². The van der Waals surface area contributed by atoms with Crippen LogP contribution in [0.2, 0.25) is 5.02 Å². The molecule has 0 unspecified atom stereocenters. The Morgan fingerprint density at radius 2 is 1.70 bits per heavy atom. The molecule has 0 N–H and O–H groups in total. The second kappa shape index (κ2) is 5.48. The molecular weight excluding hydrogens is 266 g/mol. The van der Waals surface area contributed by atoms with Gasteiger partial charge in [0.05, 0.1) is 11.2 Å². The predicted octanol–water partition coefficient (Wildman–Crippen LogP) is 5.37. The lowest BCUT2D eigenvalue weighted by atomic mass is 10.1. The zero-order chi connectivity index (χ0) is 13.9. The molecule has 0 spiro atoms. The minimum absolute atomic E-state index is 0.751. The average Bonchev–Trinajstić information content (AvgIpc) is 2.46. The van der Waals surface area contributed by atoms with E-state index in [4.69, 9.17) is 11.6 Å². The number of benzene rings is 2. The summed E-state index contributed by atoms with van der Waals surface area (Å²) >= 11 is 5.87. The van der Waals surface area contributed by atoms with Crippen molar-refractivity contribution >= 4 is 34.7 Å². The van der Waals surface area contributed by atoms with E-state index in [9.17, 15) is 0 Å². The molecule has 98 valence electrons. The molecule has 0 saturated carbocycles. The van der Waals surface area contributed by atoms with Gasteiger partial charge in [0.2, 0.25) is 0 Å². The molecule has 3 rings (SSSR count). The first kappa shape index (κ1) is 12.9.